The van der Waals surface area contributed by atoms with Gasteiger partial charge in [-0.1, -0.05) is 29.7 Å². The maximum Gasteiger partial charge on any atom is 0 e. The van der Waals surface area contributed by atoms with Crippen molar-refractivity contribution in [3.8, 4) is 0 Å². The third-order valence-electron chi connectivity index (χ3n) is 0. The second-order valence-corrected chi connectivity index (χ2v) is 19.1. The Morgan fingerprint density at radius 2 is 0.778 bits per heavy atom. The maximum absolute atomic E-state index is 1.57. The first kappa shape index (κ1) is 80.4. The molecule has 0 amide bonds. The Labute approximate surface area is 85.2 Å². The molecule has 0 rings (SSSR count). The molecule has 0 aliphatic carbocycles. The summed E-state index contributed by atoms with van der Waals surface area (Å²) < 4.78 is 0. The van der Waals surface area contributed by atoms with Crippen molar-refractivity contribution in [3.05, 3.63) is 0 Å². The van der Waals surface area contributed by atoms with Crippen molar-refractivity contribution in [2.24, 2.45) is 0 Å². The Morgan fingerprint density at radius 1 is 0.778 bits per heavy atom. The van der Waals surface area contributed by atoms with Crippen molar-refractivity contribution in [3.63, 3.8) is 0 Å². The summed E-state index contributed by atoms with van der Waals surface area (Å²) in [6.07, 6.45) is 0. The Bertz CT molecular complexity index is 12.5. The van der Waals surface area contributed by atoms with Crippen molar-refractivity contribution in [2.75, 3.05) is 0 Å². The second kappa shape index (κ2) is 117. The summed E-state index contributed by atoms with van der Waals surface area (Å²) in [5, 5.41) is 0. The fraction of sp³-hybridized carbons (Fsp3) is 1.00. The summed E-state index contributed by atoms with van der Waals surface area (Å²) in [5.74, 6) is 0. The van der Waals surface area contributed by atoms with Crippen LogP contribution in [-0.4, -0.2) is 39.0 Å². The van der Waals surface area contributed by atoms with E-state index >= 15 is 0 Å². The fourth-order valence-electron chi connectivity index (χ4n) is 0. The van der Waals surface area contributed by atoms with Crippen LogP contribution in [0.15, 0.2) is 0 Å². The number of rotatable bonds is 0. The monoisotopic (exact) mass is 245 g/mol. The molecule has 0 heterocycles. The molecule has 0 aromatic carbocycles. The summed E-state index contributed by atoms with van der Waals surface area (Å²) in [4.78, 5) is 0. The van der Waals surface area contributed by atoms with Crippen LogP contribution in [0.1, 0.15) is 29.7 Å². The Hall–Kier alpha value is 1.36. The third kappa shape index (κ3) is 274. The quantitative estimate of drug-likeness (QED) is 0.437. The standard InChI is InChI=1S/4CH4.Ni.H8Si3.H3Si/c;;;;;1-3-2;/h4*1H4;;3H2,1-2H3;1H3. The summed E-state index contributed by atoms with van der Waals surface area (Å²) in [6, 6.07) is 0. The van der Waals surface area contributed by atoms with Crippen LogP contribution in [0, 0.1) is 0 Å². The van der Waals surface area contributed by atoms with Gasteiger partial charge in [0.05, 0.1) is 0 Å². The van der Waals surface area contributed by atoms with Crippen LogP contribution in [-0.2, 0) is 16.5 Å². The smallest absolute Gasteiger partial charge is 0 e. The first-order valence-electron chi connectivity index (χ1n) is 1.41. The van der Waals surface area contributed by atoms with Crippen LogP contribution in [0.3, 0.4) is 0 Å². The van der Waals surface area contributed by atoms with Crippen LogP contribution in [0.25, 0.3) is 0 Å². The first-order chi connectivity index (χ1) is 1.41. The minimum Gasteiger partial charge on any atom is -0.0776 e. The average molecular weight is 246 g/mol. The zero-order chi connectivity index (χ0) is 2.71. The van der Waals surface area contributed by atoms with E-state index in [0.29, 0.717) is 8.55 Å². The van der Waals surface area contributed by atoms with E-state index in [0.717, 1.165) is 0 Å². The van der Waals surface area contributed by atoms with Gasteiger partial charge in [-0.15, -0.1) is 0 Å². The normalized spacial score (nSPS) is 4.00. The summed E-state index contributed by atoms with van der Waals surface area (Å²) >= 11 is 0. The molecule has 5 heteroatoms. The molecule has 9 heavy (non-hydrogen) atoms. The Morgan fingerprint density at radius 3 is 0.778 bits per heavy atom. The number of hydrogen-bond acceptors (Lipinski definition) is 0. The zero-order valence-corrected chi connectivity index (χ0v) is 12.4. The van der Waals surface area contributed by atoms with Gasteiger partial charge in [0.2, 0.25) is 0 Å². The van der Waals surface area contributed by atoms with Crippen LogP contribution in [0.2, 0.25) is 0 Å². The van der Waals surface area contributed by atoms with E-state index in [4.69, 9.17) is 0 Å². The van der Waals surface area contributed by atoms with E-state index < -0.39 is 0 Å². The summed E-state index contributed by atoms with van der Waals surface area (Å²) in [6.45, 7) is 0. The van der Waals surface area contributed by atoms with Crippen LogP contribution in [0.5, 0.6) is 0 Å². The molecule has 0 N–H and O–H groups in total. The summed E-state index contributed by atoms with van der Waals surface area (Å²) in [5.41, 5.74) is 0. The molecule has 0 aliphatic rings. The maximum atomic E-state index is 1.57. The van der Waals surface area contributed by atoms with Gasteiger partial charge in [0.25, 0.3) is 0 Å². The van der Waals surface area contributed by atoms with Crippen LogP contribution in [0.4, 0.5) is 0 Å². The van der Waals surface area contributed by atoms with Gasteiger partial charge >= 0.3 is 0 Å². The number of hydrogen-bond donors (Lipinski definition) is 0. The molecular weight excluding hydrogens is 219 g/mol. The predicted molar refractivity (Wildman–Crippen MR) is 65.3 cm³/mol. The van der Waals surface area contributed by atoms with Crippen LogP contribution >= 0.6 is 0 Å². The van der Waals surface area contributed by atoms with Gasteiger partial charge in [0, 0.05) is 16.5 Å². The summed E-state index contributed by atoms with van der Waals surface area (Å²) in [7, 11) is 3.83. The molecule has 0 bridgehead atoms. The molecule has 0 aromatic rings. The van der Waals surface area contributed by atoms with E-state index in [2.05, 4.69) is 0 Å². The van der Waals surface area contributed by atoms with E-state index in [1.54, 1.807) is 19.5 Å². The SMILES string of the molecule is C.C.C.C.[Ni].[SiH3].[SiH3][SiH2][SiH3]. The molecule has 0 aliphatic heterocycles. The van der Waals surface area contributed by atoms with Gasteiger partial charge in [-0.05, 0) is 39.0 Å². The van der Waals surface area contributed by atoms with E-state index in [-0.39, 0.29) is 57.2 Å². The first-order valence-corrected chi connectivity index (χ1v) is 12.7. The molecule has 0 aromatic heterocycles. The van der Waals surface area contributed by atoms with Gasteiger partial charge < -0.3 is 0 Å². The molecule has 0 saturated heterocycles. The molecule has 0 fully saturated rings. The van der Waals surface area contributed by atoms with Crippen LogP contribution < -0.4 is 0 Å². The second-order valence-electron chi connectivity index (χ2n) is 0.707. The minimum absolute atomic E-state index is 0. The molecule has 0 saturated carbocycles. The average Bonchev–Trinajstić information content (AvgIpc) is 0.918. The fourth-order valence-corrected chi connectivity index (χ4v) is 0. The molecule has 1 radical (unpaired) electrons. The van der Waals surface area contributed by atoms with Gasteiger partial charge in [-0.3, -0.25) is 0 Å². The molecule has 0 spiro atoms. The van der Waals surface area contributed by atoms with Gasteiger partial charge in [-0.2, -0.15) is 0 Å². The van der Waals surface area contributed by atoms with Gasteiger partial charge in [-0.25, -0.2) is 0 Å². The van der Waals surface area contributed by atoms with Gasteiger partial charge in [0.15, 0.2) is 0 Å². The van der Waals surface area contributed by atoms with Crippen molar-refractivity contribution in [1.29, 1.82) is 0 Å². The third-order valence-corrected chi connectivity index (χ3v) is 0. The molecule has 0 nitrogen and oxygen atoms in total. The molecular formula is C4H27NiSi4. The van der Waals surface area contributed by atoms with Crippen molar-refractivity contribution >= 4 is 39.0 Å². The van der Waals surface area contributed by atoms with Crippen molar-refractivity contribution in [2.45, 2.75) is 29.7 Å². The van der Waals surface area contributed by atoms with Gasteiger partial charge in [0.1, 0.15) is 0 Å². The molecule has 0 atom stereocenters. The Balaban J connectivity index is -0.00000000133. The predicted octanol–water partition coefficient (Wildman–Crippen LogP) is -1.93. The Kier molecular flexibility index (Phi) is 1050. The topological polar surface area (TPSA) is 0 Å². The minimum atomic E-state index is 0. The molecule has 69 valence electrons. The van der Waals surface area contributed by atoms with E-state index in [1.165, 1.54) is 0 Å². The van der Waals surface area contributed by atoms with E-state index in [1.807, 2.05) is 0 Å². The largest absolute Gasteiger partial charge is 0.0776 e. The zero-order valence-electron chi connectivity index (χ0n) is 4.02. The molecule has 0 unspecified atom stereocenters. The van der Waals surface area contributed by atoms with Crippen molar-refractivity contribution in [1.82, 2.24) is 0 Å². The van der Waals surface area contributed by atoms with E-state index in [9.17, 15) is 0 Å². The van der Waals surface area contributed by atoms with Crippen molar-refractivity contribution < 1.29 is 16.5 Å².